The van der Waals surface area contributed by atoms with Crippen LogP contribution in [-0.4, -0.2) is 50.5 Å². The van der Waals surface area contributed by atoms with Crippen molar-refractivity contribution in [2.45, 2.75) is 45.5 Å². The minimum absolute atomic E-state index is 0.0395. The number of carbonyl (C=O) groups excluding carboxylic acids is 2. The number of halogens is 4. The van der Waals surface area contributed by atoms with Crippen LogP contribution in [0.25, 0.3) is 0 Å². The van der Waals surface area contributed by atoms with Gasteiger partial charge in [0.15, 0.2) is 0 Å². The Kier molecular flexibility index (Phi) is 11.0. The first kappa shape index (κ1) is 32.9. The van der Waals surface area contributed by atoms with Crippen LogP contribution in [0.5, 0.6) is 0 Å². The van der Waals surface area contributed by atoms with Gasteiger partial charge in [-0.25, -0.2) is 8.42 Å². The largest absolute Gasteiger partial charge is 0.417 e. The second-order valence-corrected chi connectivity index (χ2v) is 12.2. The predicted octanol–water partition coefficient (Wildman–Crippen LogP) is 5.60. The minimum Gasteiger partial charge on any atom is -0.354 e. The molecule has 3 aromatic rings. The number of aryl methyl sites for hydroxylation is 1. The van der Waals surface area contributed by atoms with Crippen LogP contribution in [0.3, 0.4) is 0 Å². The molecule has 1 N–H and O–H groups in total. The van der Waals surface area contributed by atoms with Crippen LogP contribution in [0.4, 0.5) is 18.9 Å². The number of nitrogens with zero attached hydrogens (tertiary/aromatic N) is 2. The van der Waals surface area contributed by atoms with Crippen molar-refractivity contribution in [3.63, 3.8) is 0 Å². The first-order valence-corrected chi connectivity index (χ1v) is 15.4. The van der Waals surface area contributed by atoms with Gasteiger partial charge in [0.2, 0.25) is 21.8 Å². The second-order valence-electron chi connectivity index (χ2n) is 9.94. The molecule has 3 rings (SSSR count). The first-order chi connectivity index (χ1) is 19.7. The van der Waals surface area contributed by atoms with Crippen LogP contribution in [0.15, 0.2) is 72.8 Å². The third-order valence-corrected chi connectivity index (χ3v) is 7.99. The minimum atomic E-state index is -4.85. The molecule has 0 bridgehead atoms. The lowest BCUT2D eigenvalue weighted by Gasteiger charge is -2.33. The Morgan fingerprint density at radius 1 is 0.976 bits per heavy atom. The van der Waals surface area contributed by atoms with Crippen LogP contribution in [0, 0.1) is 6.92 Å². The van der Waals surface area contributed by atoms with Gasteiger partial charge in [-0.2, -0.15) is 13.2 Å². The lowest BCUT2D eigenvalue weighted by Crippen LogP contribution is -2.53. The van der Waals surface area contributed by atoms with Gasteiger partial charge >= 0.3 is 6.18 Å². The van der Waals surface area contributed by atoms with Gasteiger partial charge < -0.3 is 10.2 Å². The van der Waals surface area contributed by atoms with E-state index in [-0.39, 0.29) is 18.7 Å². The quantitative estimate of drug-likeness (QED) is 0.285. The van der Waals surface area contributed by atoms with Gasteiger partial charge in [0.05, 0.1) is 22.5 Å². The predicted molar refractivity (Wildman–Crippen MR) is 158 cm³/mol. The third-order valence-electron chi connectivity index (χ3n) is 6.52. The zero-order chi connectivity index (χ0) is 31.1. The van der Waals surface area contributed by atoms with E-state index in [1.807, 2.05) is 44.2 Å². The molecular formula is C30H33ClF3N3O4S. The van der Waals surface area contributed by atoms with Crippen molar-refractivity contribution in [1.29, 1.82) is 0 Å². The van der Waals surface area contributed by atoms with Crippen LogP contribution < -0.4 is 9.62 Å². The van der Waals surface area contributed by atoms with Gasteiger partial charge in [-0.1, -0.05) is 78.7 Å². The molecule has 1 unspecified atom stereocenters. The fraction of sp³-hybridized carbons (Fsp3) is 0.333. The monoisotopic (exact) mass is 623 g/mol. The smallest absolute Gasteiger partial charge is 0.354 e. The van der Waals surface area contributed by atoms with Crippen LogP contribution in [-0.2, 0) is 38.8 Å². The molecule has 0 aliphatic heterocycles. The van der Waals surface area contributed by atoms with E-state index in [1.54, 1.807) is 24.3 Å². The van der Waals surface area contributed by atoms with Gasteiger partial charge in [0.25, 0.3) is 0 Å². The van der Waals surface area contributed by atoms with E-state index < -0.39 is 51.2 Å². The highest BCUT2D eigenvalue weighted by Crippen LogP contribution is 2.37. The molecule has 0 aliphatic carbocycles. The molecule has 12 heteroatoms. The summed E-state index contributed by atoms with van der Waals surface area (Å²) in [4.78, 5) is 28.7. The third kappa shape index (κ3) is 8.96. The molecule has 7 nitrogen and oxygen atoms in total. The summed E-state index contributed by atoms with van der Waals surface area (Å²) in [5.41, 5.74) is 0.813. The molecule has 0 heterocycles. The summed E-state index contributed by atoms with van der Waals surface area (Å²) < 4.78 is 67.0. The Labute approximate surface area is 249 Å². The number of anilines is 1. The van der Waals surface area contributed by atoms with Crippen molar-refractivity contribution in [3.8, 4) is 0 Å². The van der Waals surface area contributed by atoms with E-state index in [0.717, 1.165) is 29.5 Å². The van der Waals surface area contributed by atoms with Crippen molar-refractivity contribution in [1.82, 2.24) is 10.2 Å². The maximum absolute atomic E-state index is 14.0. The molecule has 1 atom stereocenters. The van der Waals surface area contributed by atoms with E-state index >= 15 is 0 Å². The summed E-state index contributed by atoms with van der Waals surface area (Å²) in [6.07, 6.45) is -3.28. The van der Waals surface area contributed by atoms with Crippen LogP contribution >= 0.6 is 11.6 Å². The Hall–Kier alpha value is -3.57. The molecule has 2 amide bonds. The number of carbonyl (C=O) groups is 2. The van der Waals surface area contributed by atoms with E-state index in [1.165, 1.54) is 4.90 Å². The summed E-state index contributed by atoms with van der Waals surface area (Å²) in [7, 11) is -4.24. The second kappa shape index (κ2) is 14.1. The molecule has 0 spiro atoms. The van der Waals surface area contributed by atoms with E-state index in [2.05, 4.69) is 5.32 Å². The topological polar surface area (TPSA) is 86.8 Å². The van der Waals surface area contributed by atoms with Gasteiger partial charge in [-0.3, -0.25) is 13.9 Å². The maximum Gasteiger partial charge on any atom is 0.417 e. The molecular weight excluding hydrogens is 591 g/mol. The number of hydrogen-bond acceptors (Lipinski definition) is 4. The van der Waals surface area contributed by atoms with Crippen molar-refractivity contribution >= 4 is 39.1 Å². The summed E-state index contributed by atoms with van der Waals surface area (Å²) in [6, 6.07) is 17.9. The SMILES string of the molecule is CCCNC(=O)C(Cc1ccccc1)N(Cc1ccc(C)cc1)C(=O)CN(c1ccc(Cl)c(C(F)(F)F)c1)S(C)(=O)=O. The Morgan fingerprint density at radius 2 is 1.62 bits per heavy atom. The van der Waals surface area contributed by atoms with Crippen LogP contribution in [0.2, 0.25) is 5.02 Å². The van der Waals surface area contributed by atoms with Crippen LogP contribution in [0.1, 0.15) is 35.6 Å². The molecule has 0 aliphatic rings. The zero-order valence-electron chi connectivity index (χ0n) is 23.5. The van der Waals surface area contributed by atoms with Crippen molar-refractivity contribution in [2.24, 2.45) is 0 Å². The summed E-state index contributed by atoms with van der Waals surface area (Å²) >= 11 is 5.74. The van der Waals surface area contributed by atoms with E-state index in [4.69, 9.17) is 11.6 Å². The average molecular weight is 624 g/mol. The van der Waals surface area contributed by atoms with Gasteiger partial charge in [0.1, 0.15) is 12.6 Å². The van der Waals surface area contributed by atoms with Crippen molar-refractivity contribution in [3.05, 3.63) is 100 Å². The fourth-order valence-corrected chi connectivity index (χ4v) is 5.38. The maximum atomic E-state index is 14.0. The number of nitrogens with one attached hydrogen (secondary N) is 1. The van der Waals surface area contributed by atoms with Crippen molar-refractivity contribution < 1.29 is 31.2 Å². The molecule has 3 aromatic carbocycles. The molecule has 0 saturated heterocycles. The standard InChI is InChI=1S/C30H33ClF3N3O4S/c1-4-16-35-29(39)27(17-22-8-6-5-7-9-22)36(19-23-12-10-21(2)11-13-23)28(38)20-37(42(3,40)41)24-14-15-26(31)25(18-24)30(32,33)34/h5-15,18,27H,4,16-17,19-20H2,1-3H3,(H,35,39). The van der Waals surface area contributed by atoms with E-state index in [0.29, 0.717) is 28.9 Å². The normalized spacial score (nSPS) is 12.5. The Balaban J connectivity index is 2.08. The molecule has 0 aromatic heterocycles. The Morgan fingerprint density at radius 3 is 2.19 bits per heavy atom. The number of benzene rings is 3. The number of sulfonamides is 1. The molecule has 0 radical (unpaired) electrons. The molecule has 0 fully saturated rings. The van der Waals surface area contributed by atoms with Gasteiger partial charge in [0, 0.05) is 19.5 Å². The molecule has 0 saturated carbocycles. The highest BCUT2D eigenvalue weighted by molar-refractivity contribution is 7.92. The van der Waals surface area contributed by atoms with Gasteiger partial charge in [-0.05, 0) is 42.7 Å². The average Bonchev–Trinajstić information content (AvgIpc) is 2.93. The molecule has 42 heavy (non-hydrogen) atoms. The summed E-state index contributed by atoms with van der Waals surface area (Å²) in [5, 5.41) is 2.22. The number of rotatable bonds is 12. The van der Waals surface area contributed by atoms with Crippen molar-refractivity contribution in [2.75, 3.05) is 23.7 Å². The van der Waals surface area contributed by atoms with E-state index in [9.17, 15) is 31.2 Å². The number of alkyl halides is 3. The highest BCUT2D eigenvalue weighted by Gasteiger charge is 2.36. The summed E-state index contributed by atoms with van der Waals surface area (Å²) in [5.74, 6) is -1.20. The number of amides is 2. The Bertz CT molecular complexity index is 1480. The zero-order valence-corrected chi connectivity index (χ0v) is 25.1. The molecule has 226 valence electrons. The highest BCUT2D eigenvalue weighted by atomic mass is 35.5. The first-order valence-electron chi connectivity index (χ1n) is 13.2. The summed E-state index contributed by atoms with van der Waals surface area (Å²) in [6.45, 7) is 3.26. The van der Waals surface area contributed by atoms with Gasteiger partial charge in [-0.15, -0.1) is 0 Å². The fourth-order valence-electron chi connectivity index (χ4n) is 4.31. The lowest BCUT2D eigenvalue weighted by molar-refractivity contribution is -0.140. The lowest BCUT2D eigenvalue weighted by atomic mass is 10.0. The number of hydrogen-bond donors (Lipinski definition) is 1.